The van der Waals surface area contributed by atoms with E-state index < -0.39 is 0 Å². The molecule has 0 aromatic heterocycles. The van der Waals surface area contributed by atoms with E-state index in [4.69, 9.17) is 0 Å². The number of aryl methyl sites for hydroxylation is 3. The van der Waals surface area contributed by atoms with Crippen LogP contribution in [0.4, 0.5) is 5.69 Å². The van der Waals surface area contributed by atoms with Crippen LogP contribution in [0.25, 0.3) is 0 Å². The van der Waals surface area contributed by atoms with Crippen molar-refractivity contribution in [2.24, 2.45) is 0 Å². The Kier molecular flexibility index (Phi) is 6.59. The maximum Gasteiger partial charge on any atom is 0.256 e. The van der Waals surface area contributed by atoms with Crippen molar-refractivity contribution in [3.8, 4) is 0 Å². The average Bonchev–Trinajstić information content (AvgIpc) is 3.32. The number of carbonyl (C=O) groups excluding carboxylic acids is 2. The molecule has 2 aliphatic rings. The van der Waals surface area contributed by atoms with Crippen molar-refractivity contribution >= 4 is 17.5 Å². The second-order valence-corrected chi connectivity index (χ2v) is 8.87. The third-order valence-corrected chi connectivity index (χ3v) is 6.57. The Morgan fingerprint density at radius 3 is 2.52 bits per heavy atom. The highest BCUT2D eigenvalue weighted by Crippen LogP contribution is 2.25. The second-order valence-electron chi connectivity index (χ2n) is 8.87. The Bertz CT molecular complexity index is 963. The number of benzene rings is 2. The molecule has 1 heterocycles. The Hall–Kier alpha value is -2.82. The van der Waals surface area contributed by atoms with Crippen molar-refractivity contribution in [1.29, 1.82) is 0 Å². The Morgan fingerprint density at radius 1 is 1.00 bits per heavy atom. The third-order valence-electron chi connectivity index (χ3n) is 6.57. The van der Waals surface area contributed by atoms with E-state index in [0.717, 1.165) is 55.6 Å². The van der Waals surface area contributed by atoms with Crippen molar-refractivity contribution in [1.82, 2.24) is 10.2 Å². The minimum Gasteiger partial charge on any atom is -0.376 e. The largest absolute Gasteiger partial charge is 0.376 e. The molecule has 1 fully saturated rings. The highest BCUT2D eigenvalue weighted by atomic mass is 16.2. The lowest BCUT2D eigenvalue weighted by Crippen LogP contribution is -2.33. The maximum absolute atomic E-state index is 13.0. The summed E-state index contributed by atoms with van der Waals surface area (Å²) in [5.74, 6) is -0.0211. The van der Waals surface area contributed by atoms with Gasteiger partial charge in [-0.25, -0.2) is 0 Å². The standard InChI is InChI=1S/C26H33N3O2/c1-18-8-7-11-23(25(18)26(31)29-14-5-6-15-29)27-17-24(30)28-19(2)21-13-12-20-9-3-4-10-22(20)16-21/h7-8,11-13,16,19,27H,3-6,9-10,14-15,17H2,1-2H3,(H,28,30). The van der Waals surface area contributed by atoms with Crippen molar-refractivity contribution in [2.75, 3.05) is 25.0 Å². The van der Waals surface area contributed by atoms with E-state index in [-0.39, 0.29) is 24.4 Å². The topological polar surface area (TPSA) is 61.4 Å². The molecule has 0 radical (unpaired) electrons. The van der Waals surface area contributed by atoms with Gasteiger partial charge in [0.05, 0.1) is 18.2 Å². The Labute approximate surface area is 185 Å². The summed E-state index contributed by atoms with van der Waals surface area (Å²) in [6, 6.07) is 12.3. The normalized spacial score (nSPS) is 16.5. The predicted octanol–water partition coefficient (Wildman–Crippen LogP) is 4.40. The zero-order chi connectivity index (χ0) is 21.8. The molecule has 1 aliphatic heterocycles. The number of hydrogen-bond donors (Lipinski definition) is 2. The minimum atomic E-state index is -0.0775. The molecule has 0 spiro atoms. The van der Waals surface area contributed by atoms with Gasteiger partial charge in [0.25, 0.3) is 5.91 Å². The van der Waals surface area contributed by atoms with E-state index in [9.17, 15) is 9.59 Å². The fourth-order valence-electron chi connectivity index (χ4n) is 4.75. The number of likely N-dealkylation sites (tertiary alicyclic amines) is 1. The van der Waals surface area contributed by atoms with Gasteiger partial charge in [0.15, 0.2) is 0 Å². The molecule has 4 rings (SSSR count). The zero-order valence-corrected chi connectivity index (χ0v) is 18.7. The summed E-state index contributed by atoms with van der Waals surface area (Å²) in [6.07, 6.45) is 6.93. The molecule has 5 heteroatoms. The van der Waals surface area contributed by atoms with Crippen LogP contribution in [0.5, 0.6) is 0 Å². The summed E-state index contributed by atoms with van der Waals surface area (Å²) in [6.45, 7) is 5.74. The summed E-state index contributed by atoms with van der Waals surface area (Å²) in [5, 5.41) is 6.30. The van der Waals surface area contributed by atoms with E-state index in [2.05, 4.69) is 28.8 Å². The number of nitrogens with zero attached hydrogens (tertiary/aromatic N) is 1. The second kappa shape index (κ2) is 9.54. The Balaban J connectivity index is 1.39. The van der Waals surface area contributed by atoms with Crippen molar-refractivity contribution in [3.63, 3.8) is 0 Å². The number of hydrogen-bond acceptors (Lipinski definition) is 3. The first-order valence-corrected chi connectivity index (χ1v) is 11.6. The van der Waals surface area contributed by atoms with Crippen LogP contribution in [0.1, 0.15) is 71.3 Å². The number of anilines is 1. The predicted molar refractivity (Wildman–Crippen MR) is 124 cm³/mol. The number of fused-ring (bicyclic) bond motifs is 1. The summed E-state index contributed by atoms with van der Waals surface area (Å²) in [5.41, 5.74) is 6.37. The number of nitrogens with one attached hydrogen (secondary N) is 2. The molecule has 164 valence electrons. The number of amides is 2. The molecule has 1 unspecified atom stereocenters. The molecular formula is C26H33N3O2. The first-order chi connectivity index (χ1) is 15.0. The van der Waals surface area contributed by atoms with Gasteiger partial charge < -0.3 is 15.5 Å². The van der Waals surface area contributed by atoms with Crippen LogP contribution in [0.2, 0.25) is 0 Å². The molecule has 2 aromatic rings. The van der Waals surface area contributed by atoms with E-state index in [1.807, 2.05) is 36.9 Å². The lowest BCUT2D eigenvalue weighted by molar-refractivity contribution is -0.120. The van der Waals surface area contributed by atoms with Crippen molar-refractivity contribution < 1.29 is 9.59 Å². The third kappa shape index (κ3) is 4.92. The van der Waals surface area contributed by atoms with E-state index >= 15 is 0 Å². The van der Waals surface area contributed by atoms with Crippen molar-refractivity contribution in [3.05, 3.63) is 64.2 Å². The Morgan fingerprint density at radius 2 is 1.74 bits per heavy atom. The van der Waals surface area contributed by atoms with Gasteiger partial charge in [-0.3, -0.25) is 9.59 Å². The molecule has 2 aromatic carbocycles. The molecule has 0 saturated carbocycles. The monoisotopic (exact) mass is 419 g/mol. The van der Waals surface area contributed by atoms with Crippen molar-refractivity contribution in [2.45, 2.75) is 58.4 Å². The summed E-state index contributed by atoms with van der Waals surface area (Å²) in [4.78, 5) is 27.5. The molecule has 5 nitrogen and oxygen atoms in total. The van der Waals surface area contributed by atoms with Crippen LogP contribution in [0.15, 0.2) is 36.4 Å². The van der Waals surface area contributed by atoms with Gasteiger partial charge in [0.2, 0.25) is 5.91 Å². The van der Waals surface area contributed by atoms with Crippen LogP contribution < -0.4 is 10.6 Å². The SMILES string of the molecule is Cc1cccc(NCC(=O)NC(C)c2ccc3c(c2)CCCC3)c1C(=O)N1CCCC1. The highest BCUT2D eigenvalue weighted by Gasteiger charge is 2.23. The highest BCUT2D eigenvalue weighted by molar-refractivity contribution is 6.01. The maximum atomic E-state index is 13.0. The molecule has 2 amide bonds. The van der Waals surface area contributed by atoms with E-state index in [1.165, 1.54) is 24.0 Å². The minimum absolute atomic E-state index is 0.0512. The van der Waals surface area contributed by atoms with E-state index in [0.29, 0.717) is 5.56 Å². The fraction of sp³-hybridized carbons (Fsp3) is 0.462. The summed E-state index contributed by atoms with van der Waals surface area (Å²) < 4.78 is 0. The van der Waals surface area contributed by atoms with Gasteiger partial charge in [0, 0.05) is 18.8 Å². The lowest BCUT2D eigenvalue weighted by atomic mass is 9.89. The van der Waals surface area contributed by atoms with Gasteiger partial charge in [-0.1, -0.05) is 30.3 Å². The van der Waals surface area contributed by atoms with Crippen LogP contribution in [-0.2, 0) is 17.6 Å². The average molecular weight is 420 g/mol. The number of carbonyl (C=O) groups is 2. The fourth-order valence-corrected chi connectivity index (χ4v) is 4.75. The van der Waals surface area contributed by atoms with Gasteiger partial charge in [-0.15, -0.1) is 0 Å². The molecule has 1 atom stereocenters. The van der Waals surface area contributed by atoms with Crippen LogP contribution >= 0.6 is 0 Å². The first kappa shape index (κ1) is 21.4. The molecular weight excluding hydrogens is 386 g/mol. The van der Waals surface area contributed by atoms with Crippen LogP contribution in [0.3, 0.4) is 0 Å². The van der Waals surface area contributed by atoms with E-state index in [1.54, 1.807) is 0 Å². The van der Waals surface area contributed by atoms with Crippen LogP contribution in [-0.4, -0.2) is 36.3 Å². The molecule has 1 aliphatic carbocycles. The van der Waals surface area contributed by atoms with Gasteiger partial charge in [-0.05, 0) is 80.7 Å². The lowest BCUT2D eigenvalue weighted by Gasteiger charge is -2.21. The smallest absolute Gasteiger partial charge is 0.256 e. The van der Waals surface area contributed by atoms with Gasteiger partial charge >= 0.3 is 0 Å². The summed E-state index contributed by atoms with van der Waals surface area (Å²) >= 11 is 0. The molecule has 31 heavy (non-hydrogen) atoms. The van der Waals surface area contributed by atoms with Crippen LogP contribution in [0, 0.1) is 6.92 Å². The van der Waals surface area contributed by atoms with Gasteiger partial charge in [0.1, 0.15) is 0 Å². The molecule has 2 N–H and O–H groups in total. The van der Waals surface area contributed by atoms with Gasteiger partial charge in [-0.2, -0.15) is 0 Å². The number of rotatable bonds is 6. The summed E-state index contributed by atoms with van der Waals surface area (Å²) in [7, 11) is 0. The quantitative estimate of drug-likeness (QED) is 0.730. The zero-order valence-electron chi connectivity index (χ0n) is 18.7. The molecule has 1 saturated heterocycles. The molecule has 0 bridgehead atoms. The first-order valence-electron chi connectivity index (χ1n) is 11.6.